The number of pyridine rings is 1. The van der Waals surface area contributed by atoms with Gasteiger partial charge in [-0.3, -0.25) is 24.3 Å². The molecule has 0 amide bonds. The SMILES string of the molecule is C/C=C/C=C/C=C/C(=O)O[C@@H]1C=CC[C@H]2C(=NCCN3C[C@@H](C)O[C@@H](C)C3)c3c(O)c4c5c(c3O[C@H]12)OCO[C@@H]5C[C@@H]1C(=O)c2cc(C)[nH]c(=O)c2C(=O)[C@]41O. The van der Waals surface area contributed by atoms with Crippen molar-refractivity contribution in [3.05, 3.63) is 98.5 Å². The fourth-order valence-corrected chi connectivity index (χ4v) is 9.15. The predicted molar refractivity (Wildman–Crippen MR) is 202 cm³/mol. The number of aromatic hydroxyl groups is 1. The zero-order valence-corrected chi connectivity index (χ0v) is 31.7. The van der Waals surface area contributed by atoms with Crippen LogP contribution in [0.15, 0.2) is 64.5 Å². The minimum atomic E-state index is -2.64. The standard InChI is InChI=1S/C42H45N3O11/c1-5-6-7-8-9-13-29(46)55-27-12-10-11-24-34(43-14-15-45-18-22(3)54-23(4)19-45)32-36(48)33-31-28(52-20-53-38(31)39(32)56-37(24)27)17-26-35(47)25-16-21(2)44-41(50)30(25)40(49)42(26,33)51/h5-10,12-13,16,22-24,26-28,37,48,51H,11,14-15,17-20H2,1-4H3,(H,44,50)/b6-5+,8-7+,13-9+,43-34?/t22-,23+,24-,26+,27+,28+,37-,42+/m0/s1. The number of hydrogen-bond acceptors (Lipinski definition) is 13. The monoisotopic (exact) mass is 767 g/mol. The first-order valence-corrected chi connectivity index (χ1v) is 19.1. The highest BCUT2D eigenvalue weighted by atomic mass is 16.7. The van der Waals surface area contributed by atoms with E-state index in [0.717, 1.165) is 0 Å². The van der Waals surface area contributed by atoms with Gasteiger partial charge < -0.3 is 38.9 Å². The zero-order chi connectivity index (χ0) is 39.5. The van der Waals surface area contributed by atoms with Gasteiger partial charge in [-0.05, 0) is 52.7 Å². The number of allylic oxidation sites excluding steroid dienone is 6. The number of carbonyl (C=O) groups is 3. The van der Waals surface area contributed by atoms with E-state index >= 15 is 0 Å². The molecule has 1 aromatic heterocycles. The topological polar surface area (TPSA) is 186 Å². The molecule has 3 aliphatic heterocycles. The first-order chi connectivity index (χ1) is 26.9. The molecule has 1 saturated heterocycles. The van der Waals surface area contributed by atoms with Gasteiger partial charge in [-0.25, -0.2) is 4.79 Å². The molecule has 56 heavy (non-hydrogen) atoms. The van der Waals surface area contributed by atoms with Crippen molar-refractivity contribution in [3.63, 3.8) is 0 Å². The summed E-state index contributed by atoms with van der Waals surface area (Å²) in [6, 6.07) is 1.43. The number of H-pyrrole nitrogens is 1. The zero-order valence-electron chi connectivity index (χ0n) is 31.7. The van der Waals surface area contributed by atoms with Crippen LogP contribution < -0.4 is 15.0 Å². The number of aliphatic imine (C=N–C) groups is 1. The lowest BCUT2D eigenvalue weighted by Gasteiger charge is -2.48. The van der Waals surface area contributed by atoms with E-state index in [1.807, 2.05) is 39.0 Å². The second-order valence-electron chi connectivity index (χ2n) is 15.2. The molecule has 6 aliphatic rings. The van der Waals surface area contributed by atoms with E-state index in [2.05, 4.69) is 9.88 Å². The first kappa shape index (κ1) is 37.8. The van der Waals surface area contributed by atoms with Crippen LogP contribution in [0.2, 0.25) is 0 Å². The normalized spacial score (nSPS) is 31.4. The molecule has 14 heteroatoms. The van der Waals surface area contributed by atoms with Gasteiger partial charge in [-0.2, -0.15) is 0 Å². The van der Waals surface area contributed by atoms with Crippen LogP contribution in [0.3, 0.4) is 0 Å². The molecule has 294 valence electrons. The summed E-state index contributed by atoms with van der Waals surface area (Å²) in [5.74, 6) is -4.46. The summed E-state index contributed by atoms with van der Waals surface area (Å²) in [7, 11) is 0. The van der Waals surface area contributed by atoms with Gasteiger partial charge in [0.2, 0.25) is 5.78 Å². The van der Waals surface area contributed by atoms with E-state index in [0.29, 0.717) is 44.0 Å². The number of esters is 1. The molecule has 0 radical (unpaired) electrons. The van der Waals surface area contributed by atoms with Crippen molar-refractivity contribution < 1.29 is 48.3 Å². The van der Waals surface area contributed by atoms with Crippen LogP contribution >= 0.6 is 0 Å². The van der Waals surface area contributed by atoms with Crippen LogP contribution in [-0.4, -0.2) is 101 Å². The van der Waals surface area contributed by atoms with E-state index < -0.39 is 70.2 Å². The minimum absolute atomic E-state index is 0.0351. The number of hydrogen-bond donors (Lipinski definition) is 3. The molecule has 1 fully saturated rings. The molecule has 8 rings (SSSR count). The van der Waals surface area contributed by atoms with Crippen molar-refractivity contribution in [2.45, 2.75) is 76.7 Å². The Morgan fingerprint density at radius 2 is 1.88 bits per heavy atom. The Morgan fingerprint density at radius 3 is 2.64 bits per heavy atom. The molecule has 14 nitrogen and oxygen atoms in total. The Balaban J connectivity index is 1.26. The van der Waals surface area contributed by atoms with Gasteiger partial charge in [0.15, 0.2) is 35.8 Å². The number of aromatic nitrogens is 1. The molecule has 1 aromatic carbocycles. The third kappa shape index (κ3) is 6.24. The van der Waals surface area contributed by atoms with E-state index in [1.54, 1.807) is 31.2 Å². The maximum atomic E-state index is 14.5. The third-order valence-corrected chi connectivity index (χ3v) is 11.4. The molecule has 0 unspecified atom stereocenters. The minimum Gasteiger partial charge on any atom is -0.507 e. The number of aromatic amines is 1. The number of fused-ring (bicyclic) bond motifs is 6. The molecule has 0 saturated carbocycles. The summed E-state index contributed by atoms with van der Waals surface area (Å²) in [6.45, 7) is 9.56. The highest BCUT2D eigenvalue weighted by Crippen LogP contribution is 2.62. The lowest BCUT2D eigenvalue weighted by Crippen LogP contribution is -2.56. The van der Waals surface area contributed by atoms with Crippen molar-refractivity contribution in [2.75, 3.05) is 33.0 Å². The second-order valence-corrected chi connectivity index (χ2v) is 15.2. The van der Waals surface area contributed by atoms with E-state index in [1.165, 1.54) is 12.1 Å². The maximum Gasteiger partial charge on any atom is 0.331 e. The number of phenols is 1. The second kappa shape index (κ2) is 14.7. The number of Topliss-reactive ketones (excluding diaryl/α,β-unsaturated/α-hetero) is 2. The average Bonchev–Trinajstić information content (AvgIpc) is 3.15. The van der Waals surface area contributed by atoms with Crippen LogP contribution in [0.1, 0.15) is 82.8 Å². The fraction of sp³-hybridized carbons (Fsp3) is 0.452. The Morgan fingerprint density at radius 1 is 1.11 bits per heavy atom. The number of nitrogens with one attached hydrogen (secondary N) is 1. The van der Waals surface area contributed by atoms with Gasteiger partial charge in [-0.15, -0.1) is 0 Å². The van der Waals surface area contributed by atoms with E-state index in [-0.39, 0.29) is 59.2 Å². The molecule has 0 spiro atoms. The number of benzene rings is 1. The van der Waals surface area contributed by atoms with E-state index in [4.69, 9.17) is 28.7 Å². The molecule has 3 N–H and O–H groups in total. The highest BCUT2D eigenvalue weighted by molar-refractivity contribution is 6.20. The molecular formula is C42H45N3O11. The highest BCUT2D eigenvalue weighted by Gasteiger charge is 2.63. The smallest absolute Gasteiger partial charge is 0.331 e. The number of ether oxygens (including phenoxy) is 5. The predicted octanol–water partition coefficient (Wildman–Crippen LogP) is 3.92. The molecule has 3 aliphatic carbocycles. The van der Waals surface area contributed by atoms with Crippen LogP contribution in [0, 0.1) is 18.8 Å². The van der Waals surface area contributed by atoms with Gasteiger partial charge in [0.1, 0.15) is 11.9 Å². The third-order valence-electron chi connectivity index (χ3n) is 11.4. The number of phenolic OH excluding ortho intramolecular Hbond substituents is 1. The van der Waals surface area contributed by atoms with Crippen molar-refractivity contribution in [1.29, 1.82) is 0 Å². The molecular weight excluding hydrogens is 722 g/mol. The summed E-state index contributed by atoms with van der Waals surface area (Å²) in [5, 5.41) is 25.2. The molecule has 0 bridgehead atoms. The number of nitrogens with zero attached hydrogens (tertiary/aromatic N) is 2. The van der Waals surface area contributed by atoms with Gasteiger partial charge >= 0.3 is 5.97 Å². The van der Waals surface area contributed by atoms with Crippen molar-refractivity contribution in [3.8, 4) is 17.2 Å². The average molecular weight is 768 g/mol. The van der Waals surface area contributed by atoms with Gasteiger partial charge in [0, 0.05) is 54.0 Å². The lowest BCUT2D eigenvalue weighted by molar-refractivity contribution is -0.146. The number of aryl methyl sites for hydroxylation is 1. The largest absolute Gasteiger partial charge is 0.507 e. The quantitative estimate of drug-likeness (QED) is 0.160. The number of carbonyl (C=O) groups excluding carboxylic acids is 3. The molecule has 8 atom stereocenters. The lowest BCUT2D eigenvalue weighted by atomic mass is 9.60. The van der Waals surface area contributed by atoms with Gasteiger partial charge in [0.05, 0.1) is 47.6 Å². The first-order valence-electron chi connectivity index (χ1n) is 19.1. The fourth-order valence-electron chi connectivity index (χ4n) is 9.15. The van der Waals surface area contributed by atoms with Crippen molar-refractivity contribution >= 4 is 23.2 Å². The van der Waals surface area contributed by atoms with Crippen LogP contribution in [0.25, 0.3) is 0 Å². The summed E-state index contributed by atoms with van der Waals surface area (Å²) >= 11 is 0. The Labute approximate surface area is 323 Å². The molecule has 4 heterocycles. The molecule has 2 aromatic rings. The maximum absolute atomic E-state index is 14.5. The van der Waals surface area contributed by atoms with Crippen molar-refractivity contribution in [2.24, 2.45) is 16.8 Å². The Bertz CT molecular complexity index is 2190. The number of ketones is 2. The summed E-state index contributed by atoms with van der Waals surface area (Å²) in [6.07, 6.45) is 11.5. The summed E-state index contributed by atoms with van der Waals surface area (Å²) < 4.78 is 30.6. The van der Waals surface area contributed by atoms with E-state index in [9.17, 15) is 29.4 Å². The Kier molecular flexibility index (Phi) is 9.94. The van der Waals surface area contributed by atoms with Crippen molar-refractivity contribution in [1.82, 2.24) is 9.88 Å². The van der Waals surface area contributed by atoms with Gasteiger partial charge in [-0.1, -0.05) is 36.5 Å². The summed E-state index contributed by atoms with van der Waals surface area (Å²) in [5.41, 5.74) is -3.27. The van der Waals surface area contributed by atoms with Gasteiger partial charge in [0.25, 0.3) is 5.56 Å². The number of aliphatic hydroxyl groups is 1. The van der Waals surface area contributed by atoms with Crippen LogP contribution in [-0.2, 0) is 24.6 Å². The van der Waals surface area contributed by atoms with Crippen LogP contribution in [0.4, 0.5) is 0 Å². The number of rotatable bonds is 7. The van der Waals surface area contributed by atoms with Crippen LogP contribution in [0.5, 0.6) is 17.2 Å². The number of morpholine rings is 1. The summed E-state index contributed by atoms with van der Waals surface area (Å²) in [4.78, 5) is 64.8. The Hall–Kier alpha value is -5.15.